The fraction of sp³-hybridized carbons (Fsp3) is 0.579. The van der Waals surface area contributed by atoms with Crippen LogP contribution in [0.1, 0.15) is 58.9 Å². The molecule has 0 aliphatic heterocycles. The van der Waals surface area contributed by atoms with Crippen LogP contribution in [0.3, 0.4) is 0 Å². The standard InChI is InChI=1S/C19H28O3/c1-6-10-11-12-15(5)16-13-14-17(20-7-2)19(22-9-4)18(16)21-8-3/h13-15H,6-9,12H2,1-5H3. The zero-order valence-electron chi connectivity index (χ0n) is 14.5. The topological polar surface area (TPSA) is 27.7 Å². The Labute approximate surface area is 135 Å². The van der Waals surface area contributed by atoms with Gasteiger partial charge in [-0.1, -0.05) is 19.9 Å². The van der Waals surface area contributed by atoms with Crippen molar-refractivity contribution in [1.29, 1.82) is 0 Å². The van der Waals surface area contributed by atoms with Crippen molar-refractivity contribution >= 4 is 0 Å². The highest BCUT2D eigenvalue weighted by atomic mass is 16.5. The van der Waals surface area contributed by atoms with Gasteiger partial charge in [0.25, 0.3) is 0 Å². The van der Waals surface area contributed by atoms with Gasteiger partial charge >= 0.3 is 0 Å². The van der Waals surface area contributed by atoms with E-state index in [0.717, 1.165) is 29.9 Å². The van der Waals surface area contributed by atoms with Crippen LogP contribution in [0.5, 0.6) is 17.2 Å². The minimum Gasteiger partial charge on any atom is -0.490 e. The zero-order chi connectivity index (χ0) is 16.4. The number of rotatable bonds is 8. The quantitative estimate of drug-likeness (QED) is 0.646. The maximum Gasteiger partial charge on any atom is 0.203 e. The minimum absolute atomic E-state index is 0.287. The van der Waals surface area contributed by atoms with Crippen molar-refractivity contribution in [2.75, 3.05) is 19.8 Å². The molecule has 0 bridgehead atoms. The lowest BCUT2D eigenvalue weighted by atomic mass is 9.96. The highest BCUT2D eigenvalue weighted by Crippen LogP contribution is 2.43. The van der Waals surface area contributed by atoms with Gasteiger partial charge in [-0.05, 0) is 32.8 Å². The van der Waals surface area contributed by atoms with E-state index in [1.54, 1.807) is 0 Å². The molecule has 0 spiro atoms. The van der Waals surface area contributed by atoms with E-state index in [-0.39, 0.29) is 5.92 Å². The molecule has 0 aliphatic carbocycles. The first kappa shape index (κ1) is 18.2. The Morgan fingerprint density at radius 3 is 2.09 bits per heavy atom. The molecular formula is C19H28O3. The van der Waals surface area contributed by atoms with Crippen molar-refractivity contribution in [2.24, 2.45) is 0 Å². The van der Waals surface area contributed by atoms with Crippen molar-refractivity contribution < 1.29 is 14.2 Å². The fourth-order valence-electron chi connectivity index (χ4n) is 2.25. The lowest BCUT2D eigenvalue weighted by molar-refractivity contribution is 0.258. The van der Waals surface area contributed by atoms with E-state index < -0.39 is 0 Å². The summed E-state index contributed by atoms with van der Waals surface area (Å²) in [5, 5.41) is 0. The van der Waals surface area contributed by atoms with Crippen LogP contribution in [0.4, 0.5) is 0 Å². The number of benzene rings is 1. The third-order valence-corrected chi connectivity index (χ3v) is 3.22. The predicted octanol–water partition coefficient (Wildman–Crippen LogP) is 4.79. The second-order valence-corrected chi connectivity index (χ2v) is 4.92. The fourth-order valence-corrected chi connectivity index (χ4v) is 2.25. The average Bonchev–Trinajstić information content (AvgIpc) is 2.51. The Balaban J connectivity index is 3.22. The van der Waals surface area contributed by atoms with Gasteiger partial charge in [-0.3, -0.25) is 0 Å². The molecule has 1 aromatic carbocycles. The predicted molar refractivity (Wildman–Crippen MR) is 91.0 cm³/mol. The van der Waals surface area contributed by atoms with Gasteiger partial charge in [-0.25, -0.2) is 0 Å². The summed E-state index contributed by atoms with van der Waals surface area (Å²) in [5.74, 6) is 8.87. The molecule has 1 rings (SSSR count). The van der Waals surface area contributed by atoms with E-state index in [4.69, 9.17) is 14.2 Å². The van der Waals surface area contributed by atoms with E-state index in [0.29, 0.717) is 25.6 Å². The lowest BCUT2D eigenvalue weighted by Crippen LogP contribution is -2.06. The molecular weight excluding hydrogens is 276 g/mol. The molecule has 3 nitrogen and oxygen atoms in total. The van der Waals surface area contributed by atoms with Gasteiger partial charge in [-0.15, -0.1) is 11.8 Å². The van der Waals surface area contributed by atoms with Gasteiger partial charge in [0.05, 0.1) is 19.8 Å². The molecule has 0 saturated carbocycles. The molecule has 0 saturated heterocycles. The first-order valence-electron chi connectivity index (χ1n) is 8.20. The highest BCUT2D eigenvalue weighted by molar-refractivity contribution is 5.57. The van der Waals surface area contributed by atoms with E-state index in [1.165, 1.54) is 0 Å². The monoisotopic (exact) mass is 304 g/mol. The first-order valence-corrected chi connectivity index (χ1v) is 8.20. The van der Waals surface area contributed by atoms with Gasteiger partial charge in [0.15, 0.2) is 11.5 Å². The Hall–Kier alpha value is -1.82. The molecule has 0 aromatic heterocycles. The molecule has 0 heterocycles. The first-order chi connectivity index (χ1) is 10.7. The summed E-state index contributed by atoms with van der Waals surface area (Å²) >= 11 is 0. The molecule has 0 aliphatic rings. The smallest absolute Gasteiger partial charge is 0.203 e. The van der Waals surface area contributed by atoms with Crippen LogP contribution < -0.4 is 14.2 Å². The highest BCUT2D eigenvalue weighted by Gasteiger charge is 2.20. The normalized spacial score (nSPS) is 11.3. The van der Waals surface area contributed by atoms with Crippen molar-refractivity contribution in [2.45, 2.75) is 53.4 Å². The molecule has 1 unspecified atom stereocenters. The van der Waals surface area contributed by atoms with Gasteiger partial charge in [0.2, 0.25) is 5.75 Å². The van der Waals surface area contributed by atoms with Gasteiger partial charge < -0.3 is 14.2 Å². The van der Waals surface area contributed by atoms with Crippen LogP contribution in [0.15, 0.2) is 12.1 Å². The minimum atomic E-state index is 0.287. The molecule has 122 valence electrons. The van der Waals surface area contributed by atoms with Crippen LogP contribution in [0, 0.1) is 11.8 Å². The van der Waals surface area contributed by atoms with E-state index in [1.807, 2.05) is 26.8 Å². The molecule has 1 atom stereocenters. The zero-order valence-corrected chi connectivity index (χ0v) is 14.5. The van der Waals surface area contributed by atoms with Gasteiger partial charge in [0, 0.05) is 18.4 Å². The van der Waals surface area contributed by atoms with E-state index in [9.17, 15) is 0 Å². The van der Waals surface area contributed by atoms with Gasteiger partial charge in [0.1, 0.15) is 0 Å². The lowest BCUT2D eigenvalue weighted by Gasteiger charge is -2.20. The third-order valence-electron chi connectivity index (χ3n) is 3.22. The van der Waals surface area contributed by atoms with Crippen molar-refractivity contribution in [1.82, 2.24) is 0 Å². The average molecular weight is 304 g/mol. The van der Waals surface area contributed by atoms with Crippen LogP contribution in [0.25, 0.3) is 0 Å². The number of hydrogen-bond donors (Lipinski definition) is 0. The Morgan fingerprint density at radius 2 is 1.50 bits per heavy atom. The summed E-state index contributed by atoms with van der Waals surface area (Å²) in [4.78, 5) is 0. The van der Waals surface area contributed by atoms with Gasteiger partial charge in [-0.2, -0.15) is 0 Å². The molecule has 0 N–H and O–H groups in total. The summed E-state index contributed by atoms with van der Waals surface area (Å²) < 4.78 is 17.4. The summed E-state index contributed by atoms with van der Waals surface area (Å²) in [6.07, 6.45) is 1.70. The van der Waals surface area contributed by atoms with Crippen LogP contribution in [-0.4, -0.2) is 19.8 Å². The molecule has 1 aromatic rings. The second-order valence-electron chi connectivity index (χ2n) is 4.92. The van der Waals surface area contributed by atoms with Crippen LogP contribution in [0.2, 0.25) is 0 Å². The maximum atomic E-state index is 5.88. The third kappa shape index (κ3) is 4.87. The Bertz CT molecular complexity index is 511. The number of hydrogen-bond acceptors (Lipinski definition) is 3. The van der Waals surface area contributed by atoms with E-state index in [2.05, 4.69) is 31.8 Å². The number of ether oxygens (including phenoxy) is 3. The second kappa shape index (κ2) is 10.00. The van der Waals surface area contributed by atoms with E-state index >= 15 is 0 Å². The maximum absolute atomic E-state index is 5.88. The Kier molecular flexibility index (Phi) is 8.28. The van der Waals surface area contributed by atoms with Crippen molar-refractivity contribution in [3.05, 3.63) is 17.7 Å². The molecule has 3 heteroatoms. The SMILES string of the molecule is CCC#CCC(C)c1ccc(OCC)c(OCC)c1OCC. The summed E-state index contributed by atoms with van der Waals surface area (Å²) in [5.41, 5.74) is 1.12. The van der Waals surface area contributed by atoms with Crippen molar-refractivity contribution in [3.8, 4) is 29.1 Å². The summed E-state index contributed by atoms with van der Waals surface area (Å²) in [7, 11) is 0. The summed E-state index contributed by atoms with van der Waals surface area (Å²) in [6, 6.07) is 4.03. The largest absolute Gasteiger partial charge is 0.490 e. The summed E-state index contributed by atoms with van der Waals surface area (Å²) in [6.45, 7) is 11.9. The van der Waals surface area contributed by atoms with Crippen LogP contribution in [-0.2, 0) is 0 Å². The van der Waals surface area contributed by atoms with Crippen molar-refractivity contribution in [3.63, 3.8) is 0 Å². The Morgan fingerprint density at radius 1 is 0.864 bits per heavy atom. The molecule has 22 heavy (non-hydrogen) atoms. The molecule has 0 amide bonds. The molecule has 0 fully saturated rings. The molecule has 0 radical (unpaired) electrons. The van der Waals surface area contributed by atoms with Crippen LogP contribution >= 0.6 is 0 Å².